The fraction of sp³-hybridized carbons (Fsp3) is 0.111. The minimum Gasteiger partial charge on any atom is -0.422 e. The average molecular weight is 335 g/mol. The SMILES string of the molecule is Cc1c(C(=O)Nc2cnc3onc(C)c3c2)c(=O)oc2ccccc12. The lowest BCUT2D eigenvalue weighted by molar-refractivity contribution is 0.102. The van der Waals surface area contributed by atoms with Crippen molar-refractivity contribution in [2.75, 3.05) is 5.32 Å². The number of carbonyl (C=O) groups is 1. The van der Waals surface area contributed by atoms with E-state index < -0.39 is 11.5 Å². The first kappa shape index (κ1) is 15.1. The highest BCUT2D eigenvalue weighted by atomic mass is 16.5. The van der Waals surface area contributed by atoms with Gasteiger partial charge in [0.05, 0.1) is 23.0 Å². The van der Waals surface area contributed by atoms with Crippen LogP contribution in [0.2, 0.25) is 0 Å². The van der Waals surface area contributed by atoms with E-state index in [-0.39, 0.29) is 5.56 Å². The van der Waals surface area contributed by atoms with Crippen molar-refractivity contribution in [3.8, 4) is 0 Å². The summed E-state index contributed by atoms with van der Waals surface area (Å²) in [4.78, 5) is 29.0. The second kappa shape index (κ2) is 5.55. The van der Waals surface area contributed by atoms with E-state index in [9.17, 15) is 9.59 Å². The fourth-order valence-corrected chi connectivity index (χ4v) is 2.77. The van der Waals surface area contributed by atoms with Gasteiger partial charge in [-0.05, 0) is 31.5 Å². The highest BCUT2D eigenvalue weighted by Crippen LogP contribution is 2.22. The van der Waals surface area contributed by atoms with E-state index in [4.69, 9.17) is 8.94 Å². The van der Waals surface area contributed by atoms with Crippen LogP contribution in [0.3, 0.4) is 0 Å². The third-order valence-electron chi connectivity index (χ3n) is 4.07. The molecule has 0 aliphatic rings. The van der Waals surface area contributed by atoms with Crippen molar-refractivity contribution in [2.24, 2.45) is 0 Å². The molecule has 124 valence electrons. The van der Waals surface area contributed by atoms with Crippen LogP contribution in [0.25, 0.3) is 22.1 Å². The maximum Gasteiger partial charge on any atom is 0.349 e. The Balaban J connectivity index is 1.76. The van der Waals surface area contributed by atoms with Crippen LogP contribution in [0.1, 0.15) is 21.6 Å². The van der Waals surface area contributed by atoms with Crippen molar-refractivity contribution in [3.05, 3.63) is 63.8 Å². The van der Waals surface area contributed by atoms with Gasteiger partial charge >= 0.3 is 5.63 Å². The van der Waals surface area contributed by atoms with Crippen molar-refractivity contribution < 1.29 is 13.7 Å². The number of nitrogens with zero attached hydrogens (tertiary/aromatic N) is 2. The predicted molar refractivity (Wildman–Crippen MR) is 91.7 cm³/mol. The Bertz CT molecular complexity index is 1190. The standard InChI is InChI=1S/C18H13N3O4/c1-9-12-5-3-4-6-14(12)24-18(23)15(9)16(22)20-11-7-13-10(2)21-25-17(13)19-8-11/h3-8H,1-2H3,(H,20,22). The van der Waals surface area contributed by atoms with Gasteiger partial charge in [0.25, 0.3) is 11.6 Å². The molecule has 0 fully saturated rings. The van der Waals surface area contributed by atoms with Gasteiger partial charge in [-0.2, -0.15) is 0 Å². The molecule has 1 aromatic carbocycles. The molecule has 0 saturated heterocycles. The second-order valence-electron chi connectivity index (χ2n) is 5.68. The molecule has 0 bridgehead atoms. The first-order valence-electron chi connectivity index (χ1n) is 7.60. The summed E-state index contributed by atoms with van der Waals surface area (Å²) in [5, 5.41) is 7.92. The van der Waals surface area contributed by atoms with Gasteiger partial charge < -0.3 is 14.3 Å². The van der Waals surface area contributed by atoms with Crippen LogP contribution in [0.4, 0.5) is 5.69 Å². The minimum atomic E-state index is -0.677. The van der Waals surface area contributed by atoms with Crippen molar-refractivity contribution in [3.63, 3.8) is 0 Å². The number of aromatic nitrogens is 2. The number of rotatable bonds is 2. The molecule has 0 aliphatic heterocycles. The summed E-state index contributed by atoms with van der Waals surface area (Å²) in [7, 11) is 0. The van der Waals surface area contributed by atoms with Crippen LogP contribution in [0, 0.1) is 13.8 Å². The number of amides is 1. The lowest BCUT2D eigenvalue weighted by atomic mass is 10.1. The molecule has 0 saturated carbocycles. The maximum atomic E-state index is 12.6. The zero-order chi connectivity index (χ0) is 17.6. The third kappa shape index (κ3) is 2.46. The number of nitrogens with one attached hydrogen (secondary N) is 1. The molecular formula is C18H13N3O4. The van der Waals surface area contributed by atoms with Gasteiger partial charge in [-0.25, -0.2) is 9.78 Å². The summed E-state index contributed by atoms with van der Waals surface area (Å²) < 4.78 is 10.3. The Hall–Kier alpha value is -3.48. The van der Waals surface area contributed by atoms with Gasteiger partial charge in [0.15, 0.2) is 0 Å². The number of hydrogen-bond acceptors (Lipinski definition) is 6. The molecule has 0 unspecified atom stereocenters. The maximum absolute atomic E-state index is 12.6. The molecule has 4 rings (SSSR count). The largest absolute Gasteiger partial charge is 0.422 e. The highest BCUT2D eigenvalue weighted by Gasteiger charge is 2.19. The van der Waals surface area contributed by atoms with Crippen LogP contribution in [0.5, 0.6) is 0 Å². The summed E-state index contributed by atoms with van der Waals surface area (Å²) in [5.41, 5.74) is 1.81. The van der Waals surface area contributed by atoms with Crippen LogP contribution >= 0.6 is 0 Å². The quantitative estimate of drug-likeness (QED) is 0.565. The fourth-order valence-electron chi connectivity index (χ4n) is 2.77. The van der Waals surface area contributed by atoms with Crippen molar-refractivity contribution in [2.45, 2.75) is 13.8 Å². The molecule has 25 heavy (non-hydrogen) atoms. The van der Waals surface area contributed by atoms with Crippen molar-refractivity contribution in [1.29, 1.82) is 0 Å². The lowest BCUT2D eigenvalue weighted by Gasteiger charge is -2.08. The van der Waals surface area contributed by atoms with Gasteiger partial charge in [-0.15, -0.1) is 0 Å². The topological polar surface area (TPSA) is 98.2 Å². The Labute approximate surface area is 141 Å². The zero-order valence-corrected chi connectivity index (χ0v) is 13.5. The van der Waals surface area contributed by atoms with Gasteiger partial charge in [0.2, 0.25) is 0 Å². The molecule has 0 spiro atoms. The second-order valence-corrected chi connectivity index (χ2v) is 5.68. The molecule has 0 atom stereocenters. The first-order valence-corrected chi connectivity index (χ1v) is 7.60. The van der Waals surface area contributed by atoms with Gasteiger partial charge in [0, 0.05) is 5.39 Å². The lowest BCUT2D eigenvalue weighted by Crippen LogP contribution is -2.22. The van der Waals surface area contributed by atoms with E-state index >= 15 is 0 Å². The summed E-state index contributed by atoms with van der Waals surface area (Å²) >= 11 is 0. The predicted octanol–water partition coefficient (Wildman–Crippen LogP) is 3.20. The zero-order valence-electron chi connectivity index (χ0n) is 13.5. The number of benzene rings is 1. The molecule has 3 aromatic heterocycles. The van der Waals surface area contributed by atoms with E-state index in [2.05, 4.69) is 15.5 Å². The van der Waals surface area contributed by atoms with Crippen LogP contribution in [0.15, 0.2) is 50.3 Å². The van der Waals surface area contributed by atoms with E-state index in [0.29, 0.717) is 33.6 Å². The number of para-hydroxylation sites is 1. The number of carbonyl (C=O) groups excluding carboxylic acids is 1. The third-order valence-corrected chi connectivity index (χ3v) is 4.07. The Morgan fingerprint density at radius 1 is 1.16 bits per heavy atom. The molecule has 1 amide bonds. The molecule has 0 aliphatic carbocycles. The molecular weight excluding hydrogens is 322 g/mol. The smallest absolute Gasteiger partial charge is 0.349 e. The van der Waals surface area contributed by atoms with E-state index in [1.165, 1.54) is 6.20 Å². The van der Waals surface area contributed by atoms with E-state index in [0.717, 1.165) is 5.39 Å². The summed E-state index contributed by atoms with van der Waals surface area (Å²) in [6, 6.07) is 8.79. The highest BCUT2D eigenvalue weighted by molar-refractivity contribution is 6.07. The number of pyridine rings is 1. The minimum absolute atomic E-state index is 0.0270. The summed E-state index contributed by atoms with van der Waals surface area (Å²) in [6.45, 7) is 3.50. The van der Waals surface area contributed by atoms with Crippen LogP contribution in [-0.4, -0.2) is 16.0 Å². The van der Waals surface area contributed by atoms with E-state index in [1.54, 1.807) is 38.1 Å². The summed E-state index contributed by atoms with van der Waals surface area (Å²) in [6.07, 6.45) is 1.45. The van der Waals surface area contributed by atoms with Crippen LogP contribution in [-0.2, 0) is 0 Å². The number of aryl methyl sites for hydroxylation is 2. The molecule has 3 heterocycles. The average Bonchev–Trinajstić information content (AvgIpc) is 2.96. The van der Waals surface area contributed by atoms with Gasteiger partial charge in [-0.1, -0.05) is 23.4 Å². The van der Waals surface area contributed by atoms with Gasteiger partial charge in [0.1, 0.15) is 11.1 Å². The first-order chi connectivity index (χ1) is 12.0. The van der Waals surface area contributed by atoms with Crippen molar-refractivity contribution >= 4 is 33.7 Å². The molecule has 1 N–H and O–H groups in total. The molecule has 4 aromatic rings. The van der Waals surface area contributed by atoms with Crippen LogP contribution < -0.4 is 10.9 Å². The normalized spacial score (nSPS) is 11.1. The summed E-state index contributed by atoms with van der Waals surface area (Å²) in [5.74, 6) is -0.549. The number of anilines is 1. The Kier molecular flexibility index (Phi) is 3.35. The molecule has 7 heteroatoms. The van der Waals surface area contributed by atoms with Gasteiger partial charge in [-0.3, -0.25) is 4.79 Å². The number of fused-ring (bicyclic) bond motifs is 2. The van der Waals surface area contributed by atoms with Crippen molar-refractivity contribution in [1.82, 2.24) is 10.1 Å². The monoisotopic (exact) mass is 335 g/mol. The Morgan fingerprint density at radius 3 is 2.80 bits per heavy atom. The van der Waals surface area contributed by atoms with E-state index in [1.807, 2.05) is 6.07 Å². The molecule has 7 nitrogen and oxygen atoms in total. The Morgan fingerprint density at radius 2 is 1.96 bits per heavy atom. The molecule has 0 radical (unpaired) electrons. The number of hydrogen-bond donors (Lipinski definition) is 1.